The molecule has 0 aliphatic carbocycles. The molecule has 3 aromatic heterocycles. The SMILES string of the molecule is Cc1cc(=O)n2nc(N3CCN(c4ccccn4)CC3)sc2n1. The highest BCUT2D eigenvalue weighted by Gasteiger charge is 2.21. The van der Waals surface area contributed by atoms with E-state index in [1.54, 1.807) is 0 Å². The van der Waals surface area contributed by atoms with Crippen LogP contribution in [0.3, 0.4) is 0 Å². The second-order valence-electron chi connectivity index (χ2n) is 5.48. The van der Waals surface area contributed by atoms with Crippen molar-refractivity contribution in [3.05, 3.63) is 46.5 Å². The van der Waals surface area contributed by atoms with Gasteiger partial charge in [0.25, 0.3) is 5.56 Å². The van der Waals surface area contributed by atoms with E-state index < -0.39 is 0 Å². The van der Waals surface area contributed by atoms with Crippen LogP contribution in [0.1, 0.15) is 5.69 Å². The molecule has 4 rings (SSSR count). The van der Waals surface area contributed by atoms with E-state index in [-0.39, 0.29) is 5.56 Å². The molecule has 23 heavy (non-hydrogen) atoms. The van der Waals surface area contributed by atoms with Gasteiger partial charge in [-0.3, -0.25) is 4.79 Å². The Morgan fingerprint density at radius 2 is 1.91 bits per heavy atom. The minimum Gasteiger partial charge on any atom is -0.353 e. The molecule has 118 valence electrons. The van der Waals surface area contributed by atoms with Crippen molar-refractivity contribution >= 4 is 27.2 Å². The summed E-state index contributed by atoms with van der Waals surface area (Å²) in [6.45, 7) is 5.29. The summed E-state index contributed by atoms with van der Waals surface area (Å²) in [5.74, 6) is 1.00. The summed E-state index contributed by atoms with van der Waals surface area (Å²) in [4.78, 5) is 25.9. The summed E-state index contributed by atoms with van der Waals surface area (Å²) < 4.78 is 1.39. The maximum Gasteiger partial charge on any atom is 0.275 e. The van der Waals surface area contributed by atoms with Crippen LogP contribution >= 0.6 is 11.3 Å². The fourth-order valence-electron chi connectivity index (χ4n) is 2.71. The summed E-state index contributed by atoms with van der Waals surface area (Å²) >= 11 is 1.46. The monoisotopic (exact) mass is 328 g/mol. The molecule has 1 fully saturated rings. The molecule has 0 unspecified atom stereocenters. The van der Waals surface area contributed by atoms with E-state index in [2.05, 4.69) is 24.9 Å². The molecule has 0 amide bonds. The van der Waals surface area contributed by atoms with Gasteiger partial charge in [0.05, 0.1) is 0 Å². The zero-order valence-corrected chi connectivity index (χ0v) is 13.5. The van der Waals surface area contributed by atoms with E-state index in [1.165, 1.54) is 21.9 Å². The second-order valence-corrected chi connectivity index (χ2v) is 6.41. The Morgan fingerprint density at radius 3 is 2.65 bits per heavy atom. The quantitative estimate of drug-likeness (QED) is 0.704. The number of hydrogen-bond acceptors (Lipinski definition) is 7. The topological polar surface area (TPSA) is 66.6 Å². The molecule has 4 heterocycles. The number of aromatic nitrogens is 4. The minimum absolute atomic E-state index is 0.123. The molecule has 1 aliphatic heterocycles. The summed E-state index contributed by atoms with van der Waals surface area (Å²) in [6, 6.07) is 7.46. The van der Waals surface area contributed by atoms with Crippen LogP contribution in [0.25, 0.3) is 4.96 Å². The van der Waals surface area contributed by atoms with Gasteiger partial charge in [0.2, 0.25) is 10.1 Å². The Hall–Kier alpha value is -2.48. The molecule has 0 radical (unpaired) electrons. The summed E-state index contributed by atoms with van der Waals surface area (Å²) in [5, 5.41) is 5.27. The molecule has 1 saturated heterocycles. The largest absolute Gasteiger partial charge is 0.353 e. The fourth-order valence-corrected chi connectivity index (χ4v) is 3.71. The van der Waals surface area contributed by atoms with Crippen molar-refractivity contribution in [2.75, 3.05) is 36.0 Å². The summed E-state index contributed by atoms with van der Waals surface area (Å²) in [5.41, 5.74) is 0.604. The highest BCUT2D eigenvalue weighted by atomic mass is 32.1. The first-order valence-electron chi connectivity index (χ1n) is 7.49. The normalized spacial score (nSPS) is 15.3. The number of aryl methyl sites for hydroxylation is 1. The number of fused-ring (bicyclic) bond motifs is 1. The fraction of sp³-hybridized carbons (Fsp3) is 0.333. The highest BCUT2D eigenvalue weighted by Crippen LogP contribution is 2.23. The number of rotatable bonds is 2. The molecule has 0 atom stereocenters. The smallest absolute Gasteiger partial charge is 0.275 e. The molecule has 1 aliphatic rings. The lowest BCUT2D eigenvalue weighted by atomic mass is 10.3. The first kappa shape index (κ1) is 14.1. The van der Waals surface area contributed by atoms with Crippen molar-refractivity contribution in [2.24, 2.45) is 0 Å². The Kier molecular flexibility index (Phi) is 3.45. The van der Waals surface area contributed by atoms with Gasteiger partial charge < -0.3 is 9.80 Å². The lowest BCUT2D eigenvalue weighted by Crippen LogP contribution is -2.46. The van der Waals surface area contributed by atoms with Crippen molar-refractivity contribution in [3.8, 4) is 0 Å². The van der Waals surface area contributed by atoms with E-state index in [0.29, 0.717) is 4.96 Å². The number of pyridine rings is 1. The van der Waals surface area contributed by atoms with Crippen molar-refractivity contribution in [1.82, 2.24) is 19.6 Å². The number of piperazine rings is 1. The number of hydrogen-bond donors (Lipinski definition) is 0. The molecule has 0 N–H and O–H groups in total. The second kappa shape index (κ2) is 5.62. The van der Waals surface area contributed by atoms with Gasteiger partial charge in [0, 0.05) is 44.1 Å². The molecule has 0 saturated carbocycles. The Balaban J connectivity index is 1.54. The predicted octanol–water partition coefficient (Wildman–Crippen LogP) is 1.18. The molecule has 0 spiro atoms. The number of nitrogens with zero attached hydrogens (tertiary/aromatic N) is 6. The van der Waals surface area contributed by atoms with Crippen molar-refractivity contribution in [3.63, 3.8) is 0 Å². The predicted molar refractivity (Wildman–Crippen MR) is 90.5 cm³/mol. The molecule has 7 nitrogen and oxygen atoms in total. The van der Waals surface area contributed by atoms with E-state index in [0.717, 1.165) is 42.8 Å². The third-order valence-electron chi connectivity index (χ3n) is 3.89. The lowest BCUT2D eigenvalue weighted by molar-refractivity contribution is 0.641. The van der Waals surface area contributed by atoms with Gasteiger partial charge in [-0.25, -0.2) is 9.97 Å². The summed E-state index contributed by atoms with van der Waals surface area (Å²) in [7, 11) is 0. The van der Waals surface area contributed by atoms with E-state index in [1.807, 2.05) is 31.3 Å². The Bertz CT molecular complexity index is 882. The van der Waals surface area contributed by atoms with Gasteiger partial charge in [0.1, 0.15) is 5.82 Å². The van der Waals surface area contributed by atoms with Crippen LogP contribution in [-0.2, 0) is 0 Å². The van der Waals surface area contributed by atoms with Crippen molar-refractivity contribution in [1.29, 1.82) is 0 Å². The molecule has 0 bridgehead atoms. The van der Waals surface area contributed by atoms with E-state index >= 15 is 0 Å². The average Bonchev–Trinajstić information content (AvgIpc) is 3.00. The van der Waals surface area contributed by atoms with Gasteiger partial charge in [-0.2, -0.15) is 4.52 Å². The first-order chi connectivity index (χ1) is 11.2. The maximum absolute atomic E-state index is 12.0. The van der Waals surface area contributed by atoms with Crippen molar-refractivity contribution in [2.45, 2.75) is 6.92 Å². The van der Waals surface area contributed by atoms with Crippen LogP contribution in [0.4, 0.5) is 10.9 Å². The first-order valence-corrected chi connectivity index (χ1v) is 8.31. The van der Waals surface area contributed by atoms with Gasteiger partial charge in [-0.15, -0.1) is 5.10 Å². The van der Waals surface area contributed by atoms with Gasteiger partial charge >= 0.3 is 0 Å². The molecular formula is C15H16N6OS. The summed E-state index contributed by atoms with van der Waals surface area (Å²) in [6.07, 6.45) is 1.82. The zero-order valence-electron chi connectivity index (χ0n) is 12.7. The van der Waals surface area contributed by atoms with E-state index in [9.17, 15) is 4.79 Å². The molecule has 0 aromatic carbocycles. The highest BCUT2D eigenvalue weighted by molar-refractivity contribution is 7.20. The molecular weight excluding hydrogens is 312 g/mol. The van der Waals surface area contributed by atoms with Gasteiger partial charge in [-0.1, -0.05) is 17.4 Å². The Morgan fingerprint density at radius 1 is 1.13 bits per heavy atom. The maximum atomic E-state index is 12.0. The third kappa shape index (κ3) is 2.65. The minimum atomic E-state index is -0.123. The van der Waals surface area contributed by atoms with Gasteiger partial charge in [0.15, 0.2) is 0 Å². The zero-order chi connectivity index (χ0) is 15.8. The van der Waals surface area contributed by atoms with Crippen LogP contribution < -0.4 is 15.4 Å². The van der Waals surface area contributed by atoms with Crippen LogP contribution in [0.15, 0.2) is 35.3 Å². The Labute approximate surface area is 136 Å². The van der Waals surface area contributed by atoms with Crippen LogP contribution in [0.5, 0.6) is 0 Å². The average molecular weight is 328 g/mol. The van der Waals surface area contributed by atoms with Crippen molar-refractivity contribution < 1.29 is 0 Å². The van der Waals surface area contributed by atoms with Crippen LogP contribution in [0.2, 0.25) is 0 Å². The van der Waals surface area contributed by atoms with Gasteiger partial charge in [-0.05, 0) is 19.1 Å². The van der Waals surface area contributed by atoms with Crippen LogP contribution in [-0.4, -0.2) is 45.8 Å². The number of anilines is 2. The standard InChI is InChI=1S/C15H16N6OS/c1-11-10-13(22)21-14(17-11)23-15(18-21)20-8-6-19(7-9-20)12-4-2-3-5-16-12/h2-5,10H,6-9H2,1H3. The van der Waals surface area contributed by atoms with E-state index in [4.69, 9.17) is 0 Å². The third-order valence-corrected chi connectivity index (χ3v) is 4.86. The van der Waals surface area contributed by atoms with Crippen LogP contribution in [0, 0.1) is 6.92 Å². The molecule has 8 heteroatoms. The molecule has 3 aromatic rings. The lowest BCUT2D eigenvalue weighted by Gasteiger charge is -2.34.